The summed E-state index contributed by atoms with van der Waals surface area (Å²) in [4.78, 5) is 22.7. The molecule has 4 nitrogen and oxygen atoms in total. The standard InChI is InChI=1S/C18H19NO3/c1-2-13-5-10-16(11-6-13)19-18(22)15-8-3-14(4-9-15)7-12-17(20)21/h3-6,8-11H,2,7,12H2,1H3,(H,19,22)(H,20,21). The van der Waals surface area contributed by atoms with Crippen molar-refractivity contribution in [3.63, 3.8) is 0 Å². The van der Waals surface area contributed by atoms with E-state index in [-0.39, 0.29) is 12.3 Å². The summed E-state index contributed by atoms with van der Waals surface area (Å²) >= 11 is 0. The van der Waals surface area contributed by atoms with Crippen LogP contribution in [0.2, 0.25) is 0 Å². The Labute approximate surface area is 129 Å². The predicted octanol–water partition coefficient (Wildman–Crippen LogP) is 3.52. The molecular weight excluding hydrogens is 278 g/mol. The third kappa shape index (κ3) is 4.45. The maximum Gasteiger partial charge on any atom is 0.303 e. The molecule has 0 saturated carbocycles. The summed E-state index contributed by atoms with van der Waals surface area (Å²) in [7, 11) is 0. The first-order chi connectivity index (χ1) is 10.6. The molecule has 2 rings (SSSR count). The van der Waals surface area contributed by atoms with Gasteiger partial charge in [-0.2, -0.15) is 0 Å². The number of carboxylic acids is 1. The second-order valence-electron chi connectivity index (χ2n) is 5.10. The summed E-state index contributed by atoms with van der Waals surface area (Å²) in [5.74, 6) is -0.994. The average Bonchev–Trinajstić information content (AvgIpc) is 2.54. The lowest BCUT2D eigenvalue weighted by molar-refractivity contribution is -0.136. The Morgan fingerprint density at radius 2 is 1.55 bits per heavy atom. The summed E-state index contributed by atoms with van der Waals surface area (Å²) in [6.07, 6.45) is 1.52. The first-order valence-electron chi connectivity index (χ1n) is 7.29. The van der Waals surface area contributed by atoms with Gasteiger partial charge in [0.25, 0.3) is 5.91 Å². The average molecular weight is 297 g/mol. The number of nitrogens with one attached hydrogen (secondary N) is 1. The molecule has 22 heavy (non-hydrogen) atoms. The maximum atomic E-state index is 12.1. The number of carboxylic acid groups (broad SMARTS) is 1. The van der Waals surface area contributed by atoms with Crippen LogP contribution in [-0.2, 0) is 17.6 Å². The van der Waals surface area contributed by atoms with Crippen LogP contribution in [0.4, 0.5) is 5.69 Å². The van der Waals surface area contributed by atoms with Crippen molar-refractivity contribution in [2.75, 3.05) is 5.32 Å². The topological polar surface area (TPSA) is 66.4 Å². The Balaban J connectivity index is 1.98. The molecule has 0 aliphatic rings. The van der Waals surface area contributed by atoms with Gasteiger partial charge >= 0.3 is 5.97 Å². The fourth-order valence-electron chi connectivity index (χ4n) is 2.10. The SMILES string of the molecule is CCc1ccc(NC(=O)c2ccc(CCC(=O)O)cc2)cc1. The highest BCUT2D eigenvalue weighted by Crippen LogP contribution is 2.13. The molecule has 0 aromatic heterocycles. The van der Waals surface area contributed by atoms with Crippen molar-refractivity contribution >= 4 is 17.6 Å². The molecule has 0 heterocycles. The number of rotatable bonds is 6. The number of hydrogen-bond acceptors (Lipinski definition) is 2. The number of benzene rings is 2. The highest BCUT2D eigenvalue weighted by Gasteiger charge is 2.06. The van der Waals surface area contributed by atoms with E-state index < -0.39 is 5.97 Å². The minimum atomic E-state index is -0.822. The number of anilines is 1. The van der Waals surface area contributed by atoms with Gasteiger partial charge in [0, 0.05) is 17.7 Å². The number of carbonyl (C=O) groups excluding carboxylic acids is 1. The molecule has 114 valence electrons. The van der Waals surface area contributed by atoms with Crippen LogP contribution in [-0.4, -0.2) is 17.0 Å². The van der Waals surface area contributed by atoms with Gasteiger partial charge in [0.1, 0.15) is 0 Å². The van der Waals surface area contributed by atoms with Crippen molar-refractivity contribution in [3.05, 3.63) is 65.2 Å². The zero-order chi connectivity index (χ0) is 15.9. The Morgan fingerprint density at radius 1 is 0.955 bits per heavy atom. The molecule has 0 radical (unpaired) electrons. The largest absolute Gasteiger partial charge is 0.481 e. The zero-order valence-corrected chi connectivity index (χ0v) is 12.5. The summed E-state index contributed by atoms with van der Waals surface area (Å²) in [6.45, 7) is 2.08. The lowest BCUT2D eigenvalue weighted by Crippen LogP contribution is -2.11. The van der Waals surface area contributed by atoms with E-state index in [0.717, 1.165) is 17.7 Å². The van der Waals surface area contributed by atoms with Gasteiger partial charge in [0.15, 0.2) is 0 Å². The van der Waals surface area contributed by atoms with Crippen molar-refractivity contribution in [1.29, 1.82) is 0 Å². The number of carbonyl (C=O) groups is 2. The molecule has 0 fully saturated rings. The first kappa shape index (κ1) is 15.8. The van der Waals surface area contributed by atoms with Crippen molar-refractivity contribution in [1.82, 2.24) is 0 Å². The fourth-order valence-corrected chi connectivity index (χ4v) is 2.10. The van der Waals surface area contributed by atoms with Gasteiger partial charge in [-0.15, -0.1) is 0 Å². The maximum absolute atomic E-state index is 12.1. The Bertz CT molecular complexity index is 645. The monoisotopic (exact) mass is 297 g/mol. The zero-order valence-electron chi connectivity index (χ0n) is 12.5. The van der Waals surface area contributed by atoms with E-state index >= 15 is 0 Å². The minimum Gasteiger partial charge on any atom is -0.481 e. The Hall–Kier alpha value is -2.62. The number of aryl methyl sites for hydroxylation is 2. The molecule has 1 amide bonds. The summed E-state index contributed by atoms with van der Waals surface area (Å²) in [6, 6.07) is 14.8. The normalized spacial score (nSPS) is 10.2. The Kier molecular flexibility index (Phi) is 5.31. The van der Waals surface area contributed by atoms with Gasteiger partial charge in [0.2, 0.25) is 0 Å². The fraction of sp³-hybridized carbons (Fsp3) is 0.222. The Morgan fingerprint density at radius 3 is 2.09 bits per heavy atom. The molecule has 4 heteroatoms. The van der Waals surface area contributed by atoms with E-state index in [0.29, 0.717) is 12.0 Å². The van der Waals surface area contributed by atoms with Crippen LogP contribution in [0.15, 0.2) is 48.5 Å². The van der Waals surface area contributed by atoms with Crippen LogP contribution in [0.5, 0.6) is 0 Å². The molecular formula is C18H19NO3. The van der Waals surface area contributed by atoms with E-state index in [9.17, 15) is 9.59 Å². The molecule has 0 aliphatic carbocycles. The lowest BCUT2D eigenvalue weighted by atomic mass is 10.1. The van der Waals surface area contributed by atoms with E-state index in [1.54, 1.807) is 24.3 Å². The second kappa shape index (κ2) is 7.41. The van der Waals surface area contributed by atoms with Gasteiger partial charge in [-0.3, -0.25) is 9.59 Å². The minimum absolute atomic E-state index is 0.0926. The van der Waals surface area contributed by atoms with Crippen molar-refractivity contribution < 1.29 is 14.7 Å². The molecule has 0 bridgehead atoms. The summed E-state index contributed by atoms with van der Waals surface area (Å²) in [5.41, 5.74) is 3.45. The molecule has 0 aliphatic heterocycles. The molecule has 2 aromatic rings. The molecule has 0 saturated heterocycles. The van der Waals surface area contributed by atoms with Crippen LogP contribution in [0.1, 0.15) is 34.8 Å². The van der Waals surface area contributed by atoms with E-state index in [4.69, 9.17) is 5.11 Å². The second-order valence-corrected chi connectivity index (χ2v) is 5.10. The van der Waals surface area contributed by atoms with Gasteiger partial charge in [-0.05, 0) is 48.2 Å². The van der Waals surface area contributed by atoms with Gasteiger partial charge < -0.3 is 10.4 Å². The van der Waals surface area contributed by atoms with E-state index in [1.807, 2.05) is 24.3 Å². The van der Waals surface area contributed by atoms with Crippen LogP contribution < -0.4 is 5.32 Å². The lowest BCUT2D eigenvalue weighted by Gasteiger charge is -2.07. The van der Waals surface area contributed by atoms with Crippen molar-refractivity contribution in [2.45, 2.75) is 26.2 Å². The van der Waals surface area contributed by atoms with Crippen LogP contribution in [0.3, 0.4) is 0 Å². The van der Waals surface area contributed by atoms with Gasteiger partial charge in [0.05, 0.1) is 0 Å². The number of aliphatic carboxylic acids is 1. The highest BCUT2D eigenvalue weighted by molar-refractivity contribution is 6.04. The summed E-state index contributed by atoms with van der Waals surface area (Å²) in [5, 5.41) is 11.5. The molecule has 2 N–H and O–H groups in total. The van der Waals surface area contributed by atoms with Gasteiger partial charge in [-0.25, -0.2) is 0 Å². The third-order valence-electron chi connectivity index (χ3n) is 3.46. The van der Waals surface area contributed by atoms with Gasteiger partial charge in [-0.1, -0.05) is 31.2 Å². The summed E-state index contributed by atoms with van der Waals surface area (Å²) < 4.78 is 0. The van der Waals surface area contributed by atoms with Crippen molar-refractivity contribution in [3.8, 4) is 0 Å². The van der Waals surface area contributed by atoms with Crippen molar-refractivity contribution in [2.24, 2.45) is 0 Å². The molecule has 2 aromatic carbocycles. The van der Waals surface area contributed by atoms with E-state index in [1.165, 1.54) is 5.56 Å². The van der Waals surface area contributed by atoms with Crippen LogP contribution in [0, 0.1) is 0 Å². The third-order valence-corrected chi connectivity index (χ3v) is 3.46. The van der Waals surface area contributed by atoms with Crippen LogP contribution >= 0.6 is 0 Å². The van der Waals surface area contributed by atoms with Crippen LogP contribution in [0.25, 0.3) is 0 Å². The molecule has 0 atom stereocenters. The smallest absolute Gasteiger partial charge is 0.303 e. The highest BCUT2D eigenvalue weighted by atomic mass is 16.4. The molecule has 0 unspecified atom stereocenters. The molecule has 0 spiro atoms. The number of amides is 1. The number of hydrogen-bond donors (Lipinski definition) is 2. The van der Waals surface area contributed by atoms with E-state index in [2.05, 4.69) is 12.2 Å². The quantitative estimate of drug-likeness (QED) is 0.857. The first-order valence-corrected chi connectivity index (χ1v) is 7.29. The predicted molar refractivity (Wildman–Crippen MR) is 86.2 cm³/mol.